The molecule has 5 heteroatoms. The zero-order valence-corrected chi connectivity index (χ0v) is 12.7. The lowest BCUT2D eigenvalue weighted by Gasteiger charge is -2.22. The first-order valence-corrected chi connectivity index (χ1v) is 7.70. The number of halogens is 1. The average molecular weight is 296 g/mol. The Morgan fingerprint density at radius 3 is 2.62 bits per heavy atom. The summed E-state index contributed by atoms with van der Waals surface area (Å²) >= 11 is 0. The van der Waals surface area contributed by atoms with E-state index < -0.39 is 5.82 Å². The maximum Gasteiger partial charge on any atom is 0.256 e. The van der Waals surface area contributed by atoms with E-state index in [1.54, 1.807) is 4.90 Å². The van der Waals surface area contributed by atoms with Gasteiger partial charge in [-0.15, -0.1) is 0 Å². The third-order valence-corrected chi connectivity index (χ3v) is 3.41. The third-order valence-electron chi connectivity index (χ3n) is 3.41. The van der Waals surface area contributed by atoms with Gasteiger partial charge in [-0.2, -0.15) is 0 Å². The Labute approximate surface area is 126 Å². The Bertz CT molecular complexity index is 426. The summed E-state index contributed by atoms with van der Waals surface area (Å²) in [6.45, 7) is 3.23. The predicted octanol–water partition coefficient (Wildman–Crippen LogP) is 3.02. The lowest BCUT2D eigenvalue weighted by molar-refractivity contribution is 0.0737. The number of aromatic nitrogens is 1. The molecule has 4 nitrogen and oxygen atoms in total. The molecule has 0 spiro atoms. The fourth-order valence-corrected chi connectivity index (χ4v) is 2.20. The molecule has 0 aliphatic carbocycles. The molecule has 1 aromatic rings. The van der Waals surface area contributed by atoms with Gasteiger partial charge in [0.1, 0.15) is 0 Å². The molecule has 0 aliphatic rings. The Morgan fingerprint density at radius 1 is 1.24 bits per heavy atom. The minimum Gasteiger partial charge on any atom is -0.396 e. The van der Waals surface area contributed by atoms with Crippen molar-refractivity contribution < 1.29 is 14.3 Å². The topological polar surface area (TPSA) is 53.4 Å². The number of aliphatic hydroxyl groups excluding tert-OH is 1. The Hall–Kier alpha value is -1.49. The van der Waals surface area contributed by atoms with Gasteiger partial charge >= 0.3 is 0 Å². The van der Waals surface area contributed by atoms with Crippen molar-refractivity contribution in [3.63, 3.8) is 0 Å². The number of pyridine rings is 1. The SMILES string of the molecule is CCCCCCCN(CCCO)C(=O)c1ccncc1F. The van der Waals surface area contributed by atoms with E-state index in [0.717, 1.165) is 25.5 Å². The smallest absolute Gasteiger partial charge is 0.256 e. The largest absolute Gasteiger partial charge is 0.396 e. The first-order chi connectivity index (χ1) is 10.2. The van der Waals surface area contributed by atoms with Crippen molar-refractivity contribution in [1.82, 2.24) is 9.88 Å². The molecule has 0 saturated heterocycles. The molecule has 1 aromatic heterocycles. The second kappa shape index (κ2) is 10.3. The quantitative estimate of drug-likeness (QED) is 0.675. The van der Waals surface area contributed by atoms with Crippen LogP contribution in [0.25, 0.3) is 0 Å². The molecular weight excluding hydrogens is 271 g/mol. The van der Waals surface area contributed by atoms with Gasteiger partial charge in [0.2, 0.25) is 0 Å². The summed E-state index contributed by atoms with van der Waals surface area (Å²) in [5, 5.41) is 8.94. The van der Waals surface area contributed by atoms with Crippen LogP contribution in [0.2, 0.25) is 0 Å². The molecule has 0 atom stereocenters. The minimum absolute atomic E-state index is 0.0262. The van der Waals surface area contributed by atoms with E-state index in [1.807, 2.05) is 0 Å². The van der Waals surface area contributed by atoms with Crippen LogP contribution in [0.1, 0.15) is 55.8 Å². The summed E-state index contributed by atoms with van der Waals surface area (Å²) in [5.41, 5.74) is 0.0523. The normalized spacial score (nSPS) is 10.6. The van der Waals surface area contributed by atoms with Crippen LogP contribution in [0.5, 0.6) is 0 Å². The first-order valence-electron chi connectivity index (χ1n) is 7.70. The highest BCUT2D eigenvalue weighted by Crippen LogP contribution is 2.11. The highest BCUT2D eigenvalue weighted by Gasteiger charge is 2.18. The number of nitrogens with zero attached hydrogens (tertiary/aromatic N) is 2. The predicted molar refractivity (Wildman–Crippen MR) is 80.6 cm³/mol. The maximum atomic E-state index is 13.7. The lowest BCUT2D eigenvalue weighted by atomic mass is 10.1. The number of hydrogen-bond donors (Lipinski definition) is 1. The Balaban J connectivity index is 2.59. The minimum atomic E-state index is -0.595. The number of carbonyl (C=O) groups excluding carboxylic acids is 1. The van der Waals surface area contributed by atoms with Crippen molar-refractivity contribution in [3.05, 3.63) is 29.8 Å². The van der Waals surface area contributed by atoms with Crippen LogP contribution in [0.3, 0.4) is 0 Å². The Kier molecular flexibility index (Phi) is 8.59. The van der Waals surface area contributed by atoms with Gasteiger partial charge in [-0.3, -0.25) is 9.78 Å². The molecular formula is C16H25FN2O2. The Morgan fingerprint density at radius 2 is 1.95 bits per heavy atom. The molecule has 1 amide bonds. The molecule has 0 fully saturated rings. The molecule has 0 radical (unpaired) electrons. The standard InChI is InChI=1S/C16H25FN2O2/c1-2-3-4-5-6-10-19(11-7-12-20)16(21)14-8-9-18-13-15(14)17/h8-9,13,20H,2-7,10-12H2,1H3. The second-order valence-electron chi connectivity index (χ2n) is 5.14. The fraction of sp³-hybridized carbons (Fsp3) is 0.625. The van der Waals surface area contributed by atoms with Gasteiger partial charge in [0, 0.05) is 25.9 Å². The average Bonchev–Trinajstić information content (AvgIpc) is 2.50. The molecule has 0 aromatic carbocycles. The van der Waals surface area contributed by atoms with Crippen LogP contribution in [0.15, 0.2) is 18.5 Å². The van der Waals surface area contributed by atoms with Gasteiger partial charge in [0.05, 0.1) is 11.8 Å². The van der Waals surface area contributed by atoms with Crippen molar-refractivity contribution >= 4 is 5.91 Å². The van der Waals surface area contributed by atoms with Crippen LogP contribution in [0, 0.1) is 5.82 Å². The summed E-state index contributed by atoms with van der Waals surface area (Å²) in [6.07, 6.45) is 8.48. The molecule has 1 heterocycles. The van der Waals surface area contributed by atoms with E-state index in [2.05, 4.69) is 11.9 Å². The summed E-state index contributed by atoms with van der Waals surface area (Å²) in [4.78, 5) is 17.7. The van der Waals surface area contributed by atoms with Gasteiger partial charge in [0.25, 0.3) is 5.91 Å². The summed E-state index contributed by atoms with van der Waals surface area (Å²) in [5.74, 6) is -0.915. The highest BCUT2D eigenvalue weighted by atomic mass is 19.1. The summed E-state index contributed by atoms with van der Waals surface area (Å²) < 4.78 is 13.7. The summed E-state index contributed by atoms with van der Waals surface area (Å²) in [6, 6.07) is 1.40. The van der Waals surface area contributed by atoms with Gasteiger partial charge in [0.15, 0.2) is 5.82 Å². The number of unbranched alkanes of at least 4 members (excludes halogenated alkanes) is 4. The van der Waals surface area contributed by atoms with E-state index in [-0.39, 0.29) is 18.1 Å². The highest BCUT2D eigenvalue weighted by molar-refractivity contribution is 5.94. The van der Waals surface area contributed by atoms with E-state index >= 15 is 0 Å². The molecule has 118 valence electrons. The van der Waals surface area contributed by atoms with Gasteiger partial charge in [-0.1, -0.05) is 32.6 Å². The van der Waals surface area contributed by atoms with E-state index in [1.165, 1.54) is 25.1 Å². The molecule has 0 unspecified atom stereocenters. The van der Waals surface area contributed by atoms with Gasteiger partial charge in [-0.05, 0) is 18.9 Å². The van der Waals surface area contributed by atoms with E-state index in [9.17, 15) is 9.18 Å². The van der Waals surface area contributed by atoms with Crippen LogP contribution in [0.4, 0.5) is 4.39 Å². The first kappa shape index (κ1) is 17.6. The zero-order chi connectivity index (χ0) is 15.5. The van der Waals surface area contributed by atoms with Crippen molar-refractivity contribution in [2.75, 3.05) is 19.7 Å². The van der Waals surface area contributed by atoms with Gasteiger partial charge < -0.3 is 10.0 Å². The number of hydrogen-bond acceptors (Lipinski definition) is 3. The molecule has 21 heavy (non-hydrogen) atoms. The van der Waals surface area contributed by atoms with Gasteiger partial charge in [-0.25, -0.2) is 4.39 Å². The lowest BCUT2D eigenvalue weighted by Crippen LogP contribution is -2.34. The van der Waals surface area contributed by atoms with Crippen molar-refractivity contribution in [2.24, 2.45) is 0 Å². The molecule has 1 N–H and O–H groups in total. The third kappa shape index (κ3) is 6.21. The van der Waals surface area contributed by atoms with Crippen LogP contribution in [-0.4, -0.2) is 40.6 Å². The fourth-order valence-electron chi connectivity index (χ4n) is 2.20. The van der Waals surface area contributed by atoms with Crippen molar-refractivity contribution in [1.29, 1.82) is 0 Å². The molecule has 0 bridgehead atoms. The van der Waals surface area contributed by atoms with Crippen LogP contribution < -0.4 is 0 Å². The van der Waals surface area contributed by atoms with Crippen LogP contribution in [-0.2, 0) is 0 Å². The van der Waals surface area contributed by atoms with Crippen molar-refractivity contribution in [2.45, 2.75) is 45.4 Å². The zero-order valence-electron chi connectivity index (χ0n) is 12.7. The van der Waals surface area contributed by atoms with Crippen LogP contribution >= 0.6 is 0 Å². The number of aliphatic hydroxyl groups is 1. The molecule has 0 saturated carbocycles. The monoisotopic (exact) mass is 296 g/mol. The van der Waals surface area contributed by atoms with E-state index in [0.29, 0.717) is 19.5 Å². The number of amides is 1. The number of rotatable bonds is 10. The second-order valence-corrected chi connectivity index (χ2v) is 5.14. The molecule has 0 aliphatic heterocycles. The number of carbonyl (C=O) groups is 1. The molecule has 1 rings (SSSR count). The van der Waals surface area contributed by atoms with E-state index in [4.69, 9.17) is 5.11 Å². The summed E-state index contributed by atoms with van der Waals surface area (Å²) in [7, 11) is 0. The maximum absolute atomic E-state index is 13.7. The van der Waals surface area contributed by atoms with Crippen molar-refractivity contribution in [3.8, 4) is 0 Å².